The molecule has 0 saturated carbocycles. The summed E-state index contributed by atoms with van der Waals surface area (Å²) in [5.41, 5.74) is 12.1. The average Bonchev–Trinajstić information content (AvgIpc) is 3.96. The second-order valence-electron chi connectivity index (χ2n) is 13.7. The van der Waals surface area contributed by atoms with Gasteiger partial charge in [-0.25, -0.2) is 9.67 Å². The summed E-state index contributed by atoms with van der Waals surface area (Å²) in [4.78, 5) is 94.1. The maximum Gasteiger partial charge on any atom is 0.405 e. The van der Waals surface area contributed by atoms with Crippen molar-refractivity contribution in [3.63, 3.8) is 0 Å². The first kappa shape index (κ1) is 42.5. The van der Waals surface area contributed by atoms with Crippen molar-refractivity contribution in [3.05, 3.63) is 107 Å². The van der Waals surface area contributed by atoms with Gasteiger partial charge < -0.3 is 32.2 Å². The third-order valence-corrected chi connectivity index (χ3v) is 9.59. The van der Waals surface area contributed by atoms with E-state index in [0.29, 0.717) is 11.4 Å². The Labute approximate surface area is 354 Å². The van der Waals surface area contributed by atoms with Crippen molar-refractivity contribution < 1.29 is 51.5 Å². The van der Waals surface area contributed by atoms with E-state index in [4.69, 9.17) is 16.2 Å². The molecule has 0 aliphatic carbocycles. The van der Waals surface area contributed by atoms with Gasteiger partial charge in [-0.1, -0.05) is 17.9 Å². The highest BCUT2D eigenvalue weighted by molar-refractivity contribution is 6.25. The molecule has 1 fully saturated rings. The molecule has 2 atom stereocenters. The second-order valence-corrected chi connectivity index (χ2v) is 13.7. The fraction of sp³-hybridized carbons (Fsp3) is 0.195. The summed E-state index contributed by atoms with van der Waals surface area (Å²) in [7, 11) is 0. The predicted octanol–water partition coefficient (Wildman–Crippen LogP) is 1.45. The van der Waals surface area contributed by atoms with E-state index in [-0.39, 0.29) is 71.1 Å². The van der Waals surface area contributed by atoms with E-state index in [0.717, 1.165) is 11.2 Å². The minimum absolute atomic E-state index is 0.00114. The first-order chi connectivity index (χ1) is 30.1. The van der Waals surface area contributed by atoms with Crippen LogP contribution < -0.4 is 37.6 Å². The van der Waals surface area contributed by atoms with Crippen LogP contribution in [-0.2, 0) is 19.1 Å². The number of benzene rings is 2. The number of fused-ring (bicyclic) bond motifs is 1. The molecule has 2 aromatic heterocycles. The molecule has 5 heterocycles. The SMILES string of the molecule is NC(=O)C1=COC(c2ccnc(NCC(F)(F)F)c2)N1c1cn(-c2ccc(C(=O)NCC#CC#CCNc3cccc4c3C(=O)N(C3CCC(=O)NC3=O)C4=O)cc2)nc1C(N)=O. The molecule has 320 valence electrons. The van der Waals surface area contributed by atoms with E-state index < -0.39 is 66.3 Å². The number of carbonyl (C=O) groups is 7. The number of hydrogen-bond acceptors (Lipinski definition) is 13. The Morgan fingerprint density at radius 3 is 2.37 bits per heavy atom. The number of halogens is 3. The first-order valence-electron chi connectivity index (χ1n) is 18.6. The topological polar surface area (TPSA) is 266 Å². The van der Waals surface area contributed by atoms with Crippen LogP contribution in [0.1, 0.15) is 66.2 Å². The number of nitrogens with two attached hydrogens (primary N) is 2. The van der Waals surface area contributed by atoms with Crippen LogP contribution in [0.3, 0.4) is 0 Å². The molecule has 7 rings (SSSR count). The lowest BCUT2D eigenvalue weighted by Gasteiger charge is -2.27. The molecule has 2 aromatic carbocycles. The zero-order valence-corrected chi connectivity index (χ0v) is 32.4. The Morgan fingerprint density at radius 1 is 0.921 bits per heavy atom. The van der Waals surface area contributed by atoms with Gasteiger partial charge in [0.15, 0.2) is 5.69 Å². The van der Waals surface area contributed by atoms with Crippen LogP contribution in [-0.4, -0.2) is 92.9 Å². The molecular weight excluding hydrogens is 832 g/mol. The van der Waals surface area contributed by atoms with E-state index in [1.54, 1.807) is 12.1 Å². The van der Waals surface area contributed by atoms with Gasteiger partial charge >= 0.3 is 6.18 Å². The van der Waals surface area contributed by atoms with Crippen molar-refractivity contribution in [1.29, 1.82) is 0 Å². The van der Waals surface area contributed by atoms with E-state index >= 15 is 0 Å². The molecular formula is C41H32F3N11O8. The molecule has 0 radical (unpaired) electrons. The normalized spacial score (nSPS) is 16.7. The molecule has 0 bridgehead atoms. The molecule has 22 heteroatoms. The van der Waals surface area contributed by atoms with Gasteiger partial charge in [-0.3, -0.25) is 48.7 Å². The van der Waals surface area contributed by atoms with Gasteiger partial charge in [0.1, 0.15) is 30.4 Å². The van der Waals surface area contributed by atoms with E-state index in [2.05, 4.69) is 55.0 Å². The summed E-state index contributed by atoms with van der Waals surface area (Å²) in [5.74, 6) is 5.64. The second kappa shape index (κ2) is 17.5. The van der Waals surface area contributed by atoms with E-state index in [1.165, 1.54) is 64.4 Å². The van der Waals surface area contributed by atoms with Crippen molar-refractivity contribution in [2.75, 3.05) is 35.2 Å². The average molecular weight is 864 g/mol. The number of rotatable bonds is 12. The number of amides is 7. The van der Waals surface area contributed by atoms with Crippen LogP contribution in [0.25, 0.3) is 5.69 Å². The largest absolute Gasteiger partial charge is 0.471 e. The predicted molar refractivity (Wildman–Crippen MR) is 214 cm³/mol. The quantitative estimate of drug-likeness (QED) is 0.0872. The van der Waals surface area contributed by atoms with Crippen molar-refractivity contribution in [1.82, 2.24) is 30.3 Å². The number of hydrogen-bond donors (Lipinski definition) is 6. The zero-order valence-electron chi connectivity index (χ0n) is 32.4. The summed E-state index contributed by atoms with van der Waals surface area (Å²) in [6.45, 7) is -1.39. The number of piperidine rings is 1. The van der Waals surface area contributed by atoms with Crippen molar-refractivity contribution >= 4 is 58.5 Å². The van der Waals surface area contributed by atoms with Crippen LogP contribution in [0.2, 0.25) is 0 Å². The molecule has 0 spiro atoms. The van der Waals surface area contributed by atoms with Gasteiger partial charge in [-0.15, -0.1) is 0 Å². The summed E-state index contributed by atoms with van der Waals surface area (Å²) < 4.78 is 45.5. The van der Waals surface area contributed by atoms with Gasteiger partial charge in [0.05, 0.1) is 41.8 Å². The number of ether oxygens (including phenoxy) is 1. The summed E-state index contributed by atoms with van der Waals surface area (Å²) in [6.07, 6.45) is -2.08. The molecule has 63 heavy (non-hydrogen) atoms. The number of pyridine rings is 1. The first-order valence-corrected chi connectivity index (χ1v) is 18.6. The fourth-order valence-corrected chi connectivity index (χ4v) is 6.74. The molecule has 4 aromatic rings. The van der Waals surface area contributed by atoms with Crippen LogP contribution in [0.5, 0.6) is 0 Å². The number of anilines is 3. The minimum atomic E-state index is -4.52. The highest BCUT2D eigenvalue weighted by Crippen LogP contribution is 2.39. The van der Waals surface area contributed by atoms with Crippen LogP contribution in [0.15, 0.2) is 79.0 Å². The number of carbonyl (C=O) groups excluding carboxylic acids is 7. The number of nitrogens with one attached hydrogen (secondary N) is 4. The van der Waals surface area contributed by atoms with Crippen molar-refractivity contribution in [2.45, 2.75) is 31.3 Å². The molecule has 2 unspecified atom stereocenters. The molecule has 19 nitrogen and oxygen atoms in total. The lowest BCUT2D eigenvalue weighted by Crippen LogP contribution is -2.54. The lowest BCUT2D eigenvalue weighted by molar-refractivity contribution is -0.136. The van der Waals surface area contributed by atoms with Crippen molar-refractivity contribution in [2.24, 2.45) is 11.5 Å². The molecule has 3 aliphatic rings. The van der Waals surface area contributed by atoms with Gasteiger partial charge in [0.2, 0.25) is 18.0 Å². The Balaban J connectivity index is 0.965. The standard InChI is InChI=1S/C41H32F3N11O8/c42-41(43,44)21-50-30-18-23(14-17-48-30)40-54(29(20-63-40)34(45)57)28-19-53(52-33(28)35(46)58)24-10-8-22(9-11-24)36(59)49-16-4-2-1-3-15-47-26-7-5-6-25-32(26)39(62)55(38(25)61)27-12-13-31(56)51-37(27)60/h5-11,14,17-20,27,40,47H,12-13,15-16,21H2,(H2,45,57)(H2,46,58)(H,48,50)(H,49,59)(H,51,56,60). The zero-order chi connectivity index (χ0) is 45.0. The Bertz CT molecular complexity index is 2750. The Hall–Kier alpha value is -8.66. The van der Waals surface area contributed by atoms with Crippen LogP contribution in [0, 0.1) is 23.7 Å². The summed E-state index contributed by atoms with van der Waals surface area (Å²) in [5, 5.41) is 14.2. The maximum absolute atomic E-state index is 13.2. The van der Waals surface area contributed by atoms with Gasteiger partial charge in [0, 0.05) is 29.4 Å². The number of imide groups is 2. The van der Waals surface area contributed by atoms with Crippen LogP contribution >= 0.6 is 0 Å². The number of primary amides is 2. The number of alkyl halides is 3. The van der Waals surface area contributed by atoms with Crippen molar-refractivity contribution in [3.8, 4) is 29.4 Å². The van der Waals surface area contributed by atoms with Gasteiger partial charge in [0.25, 0.3) is 29.5 Å². The highest BCUT2D eigenvalue weighted by atomic mass is 19.4. The smallest absolute Gasteiger partial charge is 0.405 e. The third kappa shape index (κ3) is 9.09. The summed E-state index contributed by atoms with van der Waals surface area (Å²) >= 11 is 0. The minimum Gasteiger partial charge on any atom is -0.471 e. The molecule has 7 amide bonds. The van der Waals surface area contributed by atoms with E-state index in [1.807, 2.05) is 0 Å². The molecule has 8 N–H and O–H groups in total. The van der Waals surface area contributed by atoms with Crippen LogP contribution in [0.4, 0.5) is 30.4 Å². The maximum atomic E-state index is 13.2. The number of nitrogens with zero attached hydrogens (tertiary/aromatic N) is 5. The molecule has 3 aliphatic heterocycles. The lowest BCUT2D eigenvalue weighted by atomic mass is 10.0. The fourth-order valence-electron chi connectivity index (χ4n) is 6.74. The Kier molecular flexibility index (Phi) is 11.8. The van der Waals surface area contributed by atoms with Gasteiger partial charge in [-0.05, 0) is 66.8 Å². The molecule has 1 saturated heterocycles. The van der Waals surface area contributed by atoms with E-state index in [9.17, 15) is 46.7 Å². The number of aromatic nitrogens is 3. The Morgan fingerprint density at radius 2 is 1.67 bits per heavy atom. The monoisotopic (exact) mass is 863 g/mol. The third-order valence-electron chi connectivity index (χ3n) is 9.59. The van der Waals surface area contributed by atoms with Gasteiger partial charge in [-0.2, -0.15) is 18.3 Å². The summed E-state index contributed by atoms with van der Waals surface area (Å²) in [6, 6.07) is 12.2. The highest BCUT2D eigenvalue weighted by Gasteiger charge is 2.45.